The summed E-state index contributed by atoms with van der Waals surface area (Å²) in [5.41, 5.74) is 1.18. The maximum absolute atomic E-state index is 12.8. The van der Waals surface area contributed by atoms with Gasteiger partial charge in [0.25, 0.3) is 5.91 Å². The standard InChI is InChI=1S/C22H26ClFN4O3/c1-31-19-7-3-2-5-17(19)21(29)28-18(6-4-12-26-20(25)13-24)22(30)27-14-15-8-10-16(23)11-9-15/h2-3,5,7-11,18H,4,6,12-14H2,1H3,(H2,25,26)(H,27,30)(H,28,29). The lowest BCUT2D eigenvalue weighted by Crippen LogP contribution is -2.47. The van der Waals surface area contributed by atoms with E-state index in [9.17, 15) is 14.0 Å². The monoisotopic (exact) mass is 448 g/mol. The number of alkyl halides is 1. The lowest BCUT2D eigenvalue weighted by Gasteiger charge is -2.19. The summed E-state index contributed by atoms with van der Waals surface area (Å²) in [6.45, 7) is -0.286. The minimum atomic E-state index is -0.879. The van der Waals surface area contributed by atoms with E-state index >= 15 is 0 Å². The van der Waals surface area contributed by atoms with Gasteiger partial charge in [0.05, 0.1) is 12.7 Å². The number of hydrogen-bond acceptors (Lipinski definition) is 4. The summed E-state index contributed by atoms with van der Waals surface area (Å²) in [6, 6.07) is 13.0. The van der Waals surface area contributed by atoms with Crippen LogP contribution in [-0.4, -0.2) is 44.0 Å². The predicted molar refractivity (Wildman–Crippen MR) is 118 cm³/mol. The molecule has 1 unspecified atom stereocenters. The van der Waals surface area contributed by atoms with Crippen molar-refractivity contribution in [1.82, 2.24) is 16.0 Å². The Morgan fingerprint density at radius 3 is 2.52 bits per heavy atom. The van der Waals surface area contributed by atoms with Crippen LogP contribution in [0.5, 0.6) is 5.75 Å². The highest BCUT2D eigenvalue weighted by Gasteiger charge is 2.22. The fraction of sp³-hybridized carbons (Fsp3) is 0.318. The lowest BCUT2D eigenvalue weighted by atomic mass is 10.1. The quantitative estimate of drug-likeness (QED) is 0.241. The molecule has 0 aliphatic heterocycles. The normalized spacial score (nSPS) is 11.3. The smallest absolute Gasteiger partial charge is 0.255 e. The van der Waals surface area contributed by atoms with E-state index in [-0.39, 0.29) is 18.3 Å². The third kappa shape index (κ3) is 7.90. The maximum Gasteiger partial charge on any atom is 0.255 e. The number of halogens is 2. The van der Waals surface area contributed by atoms with Gasteiger partial charge in [0, 0.05) is 18.1 Å². The number of hydrogen-bond donors (Lipinski definition) is 4. The summed E-state index contributed by atoms with van der Waals surface area (Å²) < 4.78 is 17.6. The van der Waals surface area contributed by atoms with E-state index in [4.69, 9.17) is 21.7 Å². The van der Waals surface area contributed by atoms with Crippen molar-refractivity contribution in [1.29, 1.82) is 5.41 Å². The van der Waals surface area contributed by atoms with Gasteiger partial charge in [-0.05, 0) is 42.7 Å². The molecule has 0 saturated carbocycles. The van der Waals surface area contributed by atoms with Gasteiger partial charge in [0.15, 0.2) is 0 Å². The topological polar surface area (TPSA) is 103 Å². The van der Waals surface area contributed by atoms with Crippen LogP contribution in [0.25, 0.3) is 0 Å². The molecule has 166 valence electrons. The van der Waals surface area contributed by atoms with Crippen LogP contribution in [0.4, 0.5) is 4.39 Å². The molecular formula is C22H26ClFN4O3. The van der Waals surface area contributed by atoms with E-state index in [0.29, 0.717) is 35.7 Å². The van der Waals surface area contributed by atoms with E-state index in [1.54, 1.807) is 48.5 Å². The molecule has 2 aromatic rings. The van der Waals surface area contributed by atoms with Crippen LogP contribution in [0.3, 0.4) is 0 Å². The number of amidine groups is 1. The van der Waals surface area contributed by atoms with Gasteiger partial charge in [-0.1, -0.05) is 35.9 Å². The average molecular weight is 449 g/mol. The third-order valence-electron chi connectivity index (χ3n) is 4.50. The Bertz CT molecular complexity index is 893. The highest BCUT2D eigenvalue weighted by molar-refractivity contribution is 6.30. The van der Waals surface area contributed by atoms with Gasteiger partial charge in [0.2, 0.25) is 5.91 Å². The molecule has 0 heterocycles. The number of nitrogens with one attached hydrogen (secondary N) is 4. The highest BCUT2D eigenvalue weighted by Crippen LogP contribution is 2.17. The molecule has 1 atom stereocenters. The zero-order chi connectivity index (χ0) is 22.6. The number of carbonyl (C=O) groups is 2. The molecule has 4 N–H and O–H groups in total. The molecule has 31 heavy (non-hydrogen) atoms. The first-order chi connectivity index (χ1) is 14.9. The van der Waals surface area contributed by atoms with Crippen molar-refractivity contribution in [2.45, 2.75) is 25.4 Å². The van der Waals surface area contributed by atoms with Crippen molar-refractivity contribution in [2.24, 2.45) is 0 Å². The Morgan fingerprint density at radius 1 is 1.13 bits per heavy atom. The second-order valence-corrected chi connectivity index (χ2v) is 7.19. The Morgan fingerprint density at radius 2 is 1.84 bits per heavy atom. The average Bonchev–Trinajstić information content (AvgIpc) is 2.79. The van der Waals surface area contributed by atoms with Gasteiger partial charge in [-0.25, -0.2) is 4.39 Å². The number of para-hydroxylation sites is 1. The predicted octanol–water partition coefficient (Wildman–Crippen LogP) is 3.08. The Hall–Kier alpha value is -3.13. The van der Waals surface area contributed by atoms with Crippen molar-refractivity contribution < 1.29 is 18.7 Å². The van der Waals surface area contributed by atoms with Crippen molar-refractivity contribution >= 4 is 29.3 Å². The van der Waals surface area contributed by atoms with Crippen LogP contribution < -0.4 is 20.7 Å². The van der Waals surface area contributed by atoms with Crippen LogP contribution in [0, 0.1) is 5.41 Å². The number of benzene rings is 2. The molecule has 0 fully saturated rings. The van der Waals surface area contributed by atoms with Crippen molar-refractivity contribution in [2.75, 3.05) is 20.3 Å². The largest absolute Gasteiger partial charge is 0.496 e. The first-order valence-electron chi connectivity index (χ1n) is 9.78. The zero-order valence-electron chi connectivity index (χ0n) is 17.2. The minimum absolute atomic E-state index is 0.221. The third-order valence-corrected chi connectivity index (χ3v) is 4.75. The second-order valence-electron chi connectivity index (χ2n) is 6.75. The van der Waals surface area contributed by atoms with Gasteiger partial charge in [-0.3, -0.25) is 15.0 Å². The number of carbonyl (C=O) groups excluding carboxylic acids is 2. The SMILES string of the molecule is COc1ccccc1C(=O)NC(CCCNC(=N)CF)C(=O)NCc1ccc(Cl)cc1. The first-order valence-corrected chi connectivity index (χ1v) is 10.2. The molecule has 0 saturated heterocycles. The molecular weight excluding hydrogens is 423 g/mol. The molecule has 0 spiro atoms. The Balaban J connectivity index is 2.03. The summed E-state index contributed by atoms with van der Waals surface area (Å²) in [5, 5.41) is 16.1. The zero-order valence-corrected chi connectivity index (χ0v) is 18.0. The van der Waals surface area contributed by atoms with Crippen LogP contribution >= 0.6 is 11.6 Å². The van der Waals surface area contributed by atoms with E-state index < -0.39 is 18.6 Å². The number of ether oxygens (including phenoxy) is 1. The van der Waals surface area contributed by atoms with Crippen LogP contribution in [0.1, 0.15) is 28.8 Å². The summed E-state index contributed by atoms with van der Waals surface area (Å²) in [5.74, 6) is -0.604. The molecule has 0 aliphatic carbocycles. The first kappa shape index (κ1) is 24.1. The van der Waals surface area contributed by atoms with Gasteiger partial charge >= 0.3 is 0 Å². The number of amides is 2. The molecule has 0 aromatic heterocycles. The summed E-state index contributed by atoms with van der Waals surface area (Å²) in [4.78, 5) is 25.5. The summed E-state index contributed by atoms with van der Waals surface area (Å²) in [7, 11) is 1.47. The molecule has 0 bridgehead atoms. The summed E-state index contributed by atoms with van der Waals surface area (Å²) >= 11 is 5.88. The fourth-order valence-electron chi connectivity index (χ4n) is 2.84. The van der Waals surface area contributed by atoms with E-state index in [1.807, 2.05) is 0 Å². The van der Waals surface area contributed by atoms with E-state index in [0.717, 1.165) is 5.56 Å². The minimum Gasteiger partial charge on any atom is -0.496 e. The van der Waals surface area contributed by atoms with Crippen molar-refractivity contribution in [3.05, 3.63) is 64.7 Å². The van der Waals surface area contributed by atoms with Crippen LogP contribution in [-0.2, 0) is 11.3 Å². The van der Waals surface area contributed by atoms with Gasteiger partial charge in [-0.2, -0.15) is 0 Å². The summed E-state index contributed by atoms with van der Waals surface area (Å²) in [6.07, 6.45) is 0.757. The van der Waals surface area contributed by atoms with Gasteiger partial charge in [0.1, 0.15) is 24.3 Å². The maximum atomic E-state index is 12.8. The molecule has 2 amide bonds. The van der Waals surface area contributed by atoms with Crippen molar-refractivity contribution in [3.8, 4) is 5.75 Å². The molecule has 2 rings (SSSR count). The lowest BCUT2D eigenvalue weighted by molar-refractivity contribution is -0.123. The molecule has 2 aromatic carbocycles. The van der Waals surface area contributed by atoms with Crippen LogP contribution in [0.2, 0.25) is 5.02 Å². The number of methoxy groups -OCH3 is 1. The fourth-order valence-corrected chi connectivity index (χ4v) is 2.97. The van der Waals surface area contributed by atoms with E-state index in [1.165, 1.54) is 7.11 Å². The molecule has 0 radical (unpaired) electrons. The molecule has 0 aliphatic rings. The Kier molecular flexibility index (Phi) is 9.77. The van der Waals surface area contributed by atoms with Crippen LogP contribution in [0.15, 0.2) is 48.5 Å². The second kappa shape index (κ2) is 12.5. The van der Waals surface area contributed by atoms with E-state index in [2.05, 4.69) is 16.0 Å². The highest BCUT2D eigenvalue weighted by atomic mass is 35.5. The Labute approximate surface area is 185 Å². The number of rotatable bonds is 11. The van der Waals surface area contributed by atoms with Crippen molar-refractivity contribution in [3.63, 3.8) is 0 Å². The van der Waals surface area contributed by atoms with Gasteiger partial charge in [-0.15, -0.1) is 0 Å². The molecule has 7 nitrogen and oxygen atoms in total. The van der Waals surface area contributed by atoms with Gasteiger partial charge < -0.3 is 20.7 Å². The molecule has 9 heteroatoms.